The van der Waals surface area contributed by atoms with Crippen LogP contribution in [0.1, 0.15) is 71.8 Å². The van der Waals surface area contributed by atoms with Gasteiger partial charge in [0.05, 0.1) is 0 Å². The second-order valence-electron chi connectivity index (χ2n) is 10.3. The number of hydrogen-bond acceptors (Lipinski definition) is 5. The molecule has 2 aliphatic heterocycles. The van der Waals surface area contributed by atoms with Crippen molar-refractivity contribution in [3.63, 3.8) is 0 Å². The molecule has 4 rings (SSSR count). The Morgan fingerprint density at radius 3 is 2.50 bits per heavy atom. The summed E-state index contributed by atoms with van der Waals surface area (Å²) in [6, 6.07) is 10.6. The molecular weight excluding hydrogens is 378 g/mol. The first-order valence-electron chi connectivity index (χ1n) is 11.4. The Balaban J connectivity index is 1.51. The summed E-state index contributed by atoms with van der Waals surface area (Å²) >= 11 is 0. The van der Waals surface area contributed by atoms with Crippen molar-refractivity contribution in [2.75, 3.05) is 0 Å². The smallest absolute Gasteiger partial charge is 0.326 e. The van der Waals surface area contributed by atoms with Crippen LogP contribution in [0.25, 0.3) is 0 Å². The molecule has 164 valence electrons. The van der Waals surface area contributed by atoms with Crippen molar-refractivity contribution in [2.45, 2.75) is 95.4 Å². The predicted octanol–water partition coefficient (Wildman–Crippen LogP) is 4.14. The molecule has 3 aliphatic rings. The summed E-state index contributed by atoms with van der Waals surface area (Å²) in [5.41, 5.74) is 0.511. The van der Waals surface area contributed by atoms with Crippen molar-refractivity contribution in [3.05, 3.63) is 35.9 Å². The first-order valence-corrected chi connectivity index (χ1v) is 11.4. The molecule has 0 aromatic heterocycles. The number of benzene rings is 1. The van der Waals surface area contributed by atoms with Crippen LogP contribution >= 0.6 is 0 Å². The molecule has 5 nitrogen and oxygen atoms in total. The molecule has 2 heterocycles. The van der Waals surface area contributed by atoms with Gasteiger partial charge in [-0.1, -0.05) is 57.5 Å². The lowest BCUT2D eigenvalue weighted by atomic mass is 9.64. The lowest BCUT2D eigenvalue weighted by Gasteiger charge is -2.44. The maximum absolute atomic E-state index is 13.4. The van der Waals surface area contributed by atoms with Gasteiger partial charge in [0.15, 0.2) is 0 Å². The third-order valence-electron chi connectivity index (χ3n) is 7.81. The van der Waals surface area contributed by atoms with Crippen molar-refractivity contribution >= 4 is 11.9 Å². The Hall–Kier alpha value is -1.88. The molecule has 2 saturated heterocycles. The zero-order chi connectivity index (χ0) is 21.5. The zero-order valence-electron chi connectivity index (χ0n) is 18.6. The second-order valence-corrected chi connectivity index (χ2v) is 10.3. The number of rotatable bonds is 5. The predicted molar refractivity (Wildman–Crippen MR) is 115 cm³/mol. The van der Waals surface area contributed by atoms with Gasteiger partial charge in [0, 0.05) is 25.3 Å². The fourth-order valence-electron chi connectivity index (χ4n) is 6.02. The number of hydrogen-bond donors (Lipinski definition) is 1. The quantitative estimate of drug-likeness (QED) is 0.735. The number of ether oxygens (including phenoxy) is 2. The van der Waals surface area contributed by atoms with Gasteiger partial charge in [-0.2, -0.15) is 0 Å². The first kappa shape index (κ1) is 21.4. The van der Waals surface area contributed by atoms with E-state index >= 15 is 0 Å². The Bertz CT molecular complexity index is 792. The molecule has 1 aromatic carbocycles. The van der Waals surface area contributed by atoms with Gasteiger partial charge in [0.1, 0.15) is 17.7 Å². The van der Waals surface area contributed by atoms with Gasteiger partial charge in [-0.05, 0) is 42.6 Å². The Morgan fingerprint density at radius 1 is 1.07 bits per heavy atom. The summed E-state index contributed by atoms with van der Waals surface area (Å²) < 4.78 is 11.7. The topological polar surface area (TPSA) is 64.6 Å². The largest absolute Gasteiger partial charge is 0.461 e. The van der Waals surface area contributed by atoms with Crippen LogP contribution in [0.5, 0.6) is 0 Å². The Kier molecular flexibility index (Phi) is 5.69. The minimum absolute atomic E-state index is 0.0586. The molecular formula is C25H35NO4. The minimum atomic E-state index is -0.701. The monoisotopic (exact) mass is 413 g/mol. The minimum Gasteiger partial charge on any atom is -0.461 e. The molecule has 5 heteroatoms. The number of esters is 2. The van der Waals surface area contributed by atoms with Crippen molar-refractivity contribution in [3.8, 4) is 0 Å². The normalized spacial score (nSPS) is 35.8. The van der Waals surface area contributed by atoms with Crippen molar-refractivity contribution < 1.29 is 19.1 Å². The van der Waals surface area contributed by atoms with E-state index in [2.05, 4.69) is 50.4 Å². The average Bonchev–Trinajstić information content (AvgIpc) is 3.28. The van der Waals surface area contributed by atoms with Crippen LogP contribution in [0.4, 0.5) is 0 Å². The fraction of sp³-hybridized carbons (Fsp3) is 0.680. The van der Waals surface area contributed by atoms with Crippen LogP contribution in [-0.2, 0) is 24.5 Å². The SMILES string of the molecule is CC(=O)O[C@H]1C[C@]2(C(=O)O[C@@H]3C[C@H](C)CC[C@H]3C(C)(C)c3ccccc3)CC[C@H]1N2. The molecule has 1 saturated carbocycles. The zero-order valence-corrected chi connectivity index (χ0v) is 18.6. The average molecular weight is 414 g/mol. The van der Waals surface area contributed by atoms with E-state index < -0.39 is 5.54 Å². The molecule has 2 bridgehead atoms. The number of fused-ring (bicyclic) bond motifs is 2. The van der Waals surface area contributed by atoms with Gasteiger partial charge in [0.25, 0.3) is 0 Å². The van der Waals surface area contributed by atoms with Crippen LogP contribution in [0, 0.1) is 11.8 Å². The summed E-state index contributed by atoms with van der Waals surface area (Å²) in [6.45, 7) is 8.23. The summed E-state index contributed by atoms with van der Waals surface area (Å²) in [4.78, 5) is 24.8. The maximum atomic E-state index is 13.4. The third-order valence-corrected chi connectivity index (χ3v) is 7.81. The van der Waals surface area contributed by atoms with Crippen LogP contribution in [-0.4, -0.2) is 35.7 Å². The molecule has 0 spiro atoms. The lowest BCUT2D eigenvalue weighted by molar-refractivity contribution is -0.165. The van der Waals surface area contributed by atoms with E-state index in [0.29, 0.717) is 12.3 Å². The highest BCUT2D eigenvalue weighted by molar-refractivity contribution is 5.82. The highest BCUT2D eigenvalue weighted by Gasteiger charge is 2.58. The molecule has 30 heavy (non-hydrogen) atoms. The molecule has 0 amide bonds. The number of nitrogens with one attached hydrogen (secondary N) is 1. The van der Waals surface area contributed by atoms with E-state index in [9.17, 15) is 9.59 Å². The fourth-order valence-corrected chi connectivity index (χ4v) is 6.02. The molecule has 6 atom stereocenters. The summed E-state index contributed by atoms with van der Waals surface area (Å²) in [5.74, 6) is 0.375. The van der Waals surface area contributed by atoms with Gasteiger partial charge < -0.3 is 9.47 Å². The third kappa shape index (κ3) is 3.89. The molecule has 1 N–H and O–H groups in total. The highest BCUT2D eigenvalue weighted by atomic mass is 16.6. The van der Waals surface area contributed by atoms with E-state index in [1.807, 2.05) is 6.07 Å². The Morgan fingerprint density at radius 2 is 1.80 bits per heavy atom. The Labute approximate surface area is 179 Å². The van der Waals surface area contributed by atoms with Gasteiger partial charge in [0.2, 0.25) is 0 Å². The number of carbonyl (C=O) groups is 2. The summed E-state index contributed by atoms with van der Waals surface area (Å²) in [7, 11) is 0. The van der Waals surface area contributed by atoms with Crippen LogP contribution < -0.4 is 5.32 Å². The van der Waals surface area contributed by atoms with E-state index in [1.165, 1.54) is 12.5 Å². The summed E-state index contributed by atoms with van der Waals surface area (Å²) in [5, 5.41) is 3.43. The molecule has 0 unspecified atom stereocenters. The molecule has 3 fully saturated rings. The van der Waals surface area contributed by atoms with Gasteiger partial charge >= 0.3 is 11.9 Å². The highest BCUT2D eigenvalue weighted by Crippen LogP contribution is 2.45. The van der Waals surface area contributed by atoms with Crippen LogP contribution in [0.15, 0.2) is 30.3 Å². The number of carbonyl (C=O) groups excluding carboxylic acids is 2. The second kappa shape index (κ2) is 7.99. The van der Waals surface area contributed by atoms with Gasteiger partial charge in [-0.3, -0.25) is 14.9 Å². The molecule has 0 radical (unpaired) electrons. The maximum Gasteiger partial charge on any atom is 0.326 e. The molecule has 1 aromatic rings. The van der Waals surface area contributed by atoms with Gasteiger partial charge in [-0.15, -0.1) is 0 Å². The van der Waals surface area contributed by atoms with Crippen molar-refractivity contribution in [1.29, 1.82) is 0 Å². The lowest BCUT2D eigenvalue weighted by Crippen LogP contribution is -2.50. The molecule has 1 aliphatic carbocycles. The van der Waals surface area contributed by atoms with E-state index in [4.69, 9.17) is 9.47 Å². The standard InChI is InChI=1S/C25H35NO4/c1-16-10-11-19(24(3,4)18-8-6-5-7-9-18)21(14-16)30-23(28)25-13-12-20(26-25)22(15-25)29-17(2)27/h5-9,16,19-22,26H,10-15H2,1-4H3/t16-,19-,20-,21-,22+,25+/m1/s1. The van der Waals surface area contributed by atoms with E-state index in [-0.39, 0.29) is 41.5 Å². The van der Waals surface area contributed by atoms with Crippen molar-refractivity contribution in [1.82, 2.24) is 5.32 Å². The van der Waals surface area contributed by atoms with Crippen LogP contribution in [0.3, 0.4) is 0 Å². The van der Waals surface area contributed by atoms with E-state index in [0.717, 1.165) is 32.1 Å². The van der Waals surface area contributed by atoms with Gasteiger partial charge in [-0.25, -0.2) is 0 Å². The first-order chi connectivity index (χ1) is 14.2. The van der Waals surface area contributed by atoms with Crippen molar-refractivity contribution in [2.24, 2.45) is 11.8 Å². The summed E-state index contributed by atoms with van der Waals surface area (Å²) in [6.07, 6.45) is 4.90. The van der Waals surface area contributed by atoms with E-state index in [1.54, 1.807) is 0 Å². The van der Waals surface area contributed by atoms with Crippen LogP contribution in [0.2, 0.25) is 0 Å².